The third-order valence-corrected chi connectivity index (χ3v) is 4.83. The largest absolute Gasteiger partial charge is 0.334 e. The molecule has 4 rings (SSSR count). The molecule has 0 aliphatic heterocycles. The first-order valence-electron chi connectivity index (χ1n) is 9.53. The lowest BCUT2D eigenvalue weighted by Gasteiger charge is -2.13. The standard InChI is InChI=1S/C23H21FN4O2/c1-14-11-15(2)21(16(3)12-14)25-20(29)13-28-10-4-5-19(28)23-26-22(27-30-23)17-6-8-18(24)9-7-17/h4-12H,13H2,1-3H3,(H,25,29). The van der Waals surface area contributed by atoms with E-state index >= 15 is 0 Å². The summed E-state index contributed by atoms with van der Waals surface area (Å²) in [7, 11) is 0. The van der Waals surface area contributed by atoms with E-state index in [2.05, 4.69) is 15.5 Å². The number of anilines is 1. The molecule has 152 valence electrons. The van der Waals surface area contributed by atoms with E-state index < -0.39 is 0 Å². The number of hydrogen-bond acceptors (Lipinski definition) is 4. The van der Waals surface area contributed by atoms with E-state index in [1.54, 1.807) is 29.0 Å². The van der Waals surface area contributed by atoms with E-state index in [4.69, 9.17) is 4.52 Å². The molecule has 0 fully saturated rings. The maximum Gasteiger partial charge on any atom is 0.274 e. The Morgan fingerprint density at radius 3 is 2.50 bits per heavy atom. The Hall–Kier alpha value is -3.74. The number of amides is 1. The van der Waals surface area contributed by atoms with Crippen molar-refractivity contribution in [1.82, 2.24) is 14.7 Å². The molecule has 0 atom stereocenters. The number of nitrogens with zero attached hydrogens (tertiary/aromatic N) is 3. The van der Waals surface area contributed by atoms with Gasteiger partial charge in [-0.05, 0) is 68.3 Å². The van der Waals surface area contributed by atoms with Gasteiger partial charge in [0.15, 0.2) is 0 Å². The maximum atomic E-state index is 13.1. The van der Waals surface area contributed by atoms with Crippen molar-refractivity contribution in [2.24, 2.45) is 0 Å². The number of carbonyl (C=O) groups excluding carboxylic acids is 1. The van der Waals surface area contributed by atoms with Gasteiger partial charge in [0.25, 0.3) is 5.89 Å². The van der Waals surface area contributed by atoms with Crippen molar-refractivity contribution in [1.29, 1.82) is 0 Å². The SMILES string of the molecule is Cc1cc(C)c(NC(=O)Cn2cccc2-c2nc(-c3ccc(F)cc3)no2)c(C)c1. The number of halogens is 1. The fraction of sp³-hybridized carbons (Fsp3) is 0.174. The second kappa shape index (κ2) is 7.94. The van der Waals surface area contributed by atoms with Gasteiger partial charge in [-0.15, -0.1) is 0 Å². The number of carbonyl (C=O) groups is 1. The van der Waals surface area contributed by atoms with Crippen LogP contribution in [0.1, 0.15) is 16.7 Å². The molecule has 0 bridgehead atoms. The van der Waals surface area contributed by atoms with Crippen molar-refractivity contribution in [3.05, 3.63) is 77.2 Å². The van der Waals surface area contributed by atoms with Gasteiger partial charge in [-0.25, -0.2) is 4.39 Å². The maximum absolute atomic E-state index is 13.1. The van der Waals surface area contributed by atoms with Crippen LogP contribution in [-0.4, -0.2) is 20.6 Å². The van der Waals surface area contributed by atoms with Crippen LogP contribution in [0.5, 0.6) is 0 Å². The zero-order valence-electron chi connectivity index (χ0n) is 16.9. The third kappa shape index (κ3) is 4.00. The van der Waals surface area contributed by atoms with Crippen molar-refractivity contribution < 1.29 is 13.7 Å². The van der Waals surface area contributed by atoms with Gasteiger partial charge in [0.05, 0.1) is 0 Å². The molecule has 0 unspecified atom stereocenters. The van der Waals surface area contributed by atoms with E-state index in [0.29, 0.717) is 17.1 Å². The van der Waals surface area contributed by atoms with Gasteiger partial charge in [-0.2, -0.15) is 4.98 Å². The highest BCUT2D eigenvalue weighted by molar-refractivity contribution is 5.92. The second-order valence-corrected chi connectivity index (χ2v) is 7.27. The van der Waals surface area contributed by atoms with E-state index in [9.17, 15) is 9.18 Å². The molecule has 2 heterocycles. The summed E-state index contributed by atoms with van der Waals surface area (Å²) in [5.74, 6) is 0.158. The summed E-state index contributed by atoms with van der Waals surface area (Å²) in [5.41, 5.74) is 5.31. The van der Waals surface area contributed by atoms with Gasteiger partial charge in [-0.3, -0.25) is 4.79 Å². The van der Waals surface area contributed by atoms with Crippen molar-refractivity contribution in [3.8, 4) is 23.0 Å². The van der Waals surface area contributed by atoms with Crippen LogP contribution >= 0.6 is 0 Å². The summed E-state index contributed by atoms with van der Waals surface area (Å²) >= 11 is 0. The van der Waals surface area contributed by atoms with Crippen LogP contribution in [0, 0.1) is 26.6 Å². The Balaban J connectivity index is 1.53. The lowest BCUT2D eigenvalue weighted by atomic mass is 10.1. The van der Waals surface area contributed by atoms with Gasteiger partial charge in [-0.1, -0.05) is 22.9 Å². The van der Waals surface area contributed by atoms with Crippen LogP contribution in [-0.2, 0) is 11.3 Å². The van der Waals surface area contributed by atoms with E-state index in [-0.39, 0.29) is 24.2 Å². The number of benzene rings is 2. The molecule has 0 saturated carbocycles. The minimum Gasteiger partial charge on any atom is -0.334 e. The second-order valence-electron chi connectivity index (χ2n) is 7.27. The van der Waals surface area contributed by atoms with Crippen molar-refractivity contribution in [2.45, 2.75) is 27.3 Å². The Morgan fingerprint density at radius 2 is 1.80 bits per heavy atom. The first kappa shape index (κ1) is 19.6. The van der Waals surface area contributed by atoms with Gasteiger partial charge >= 0.3 is 0 Å². The summed E-state index contributed by atoms with van der Waals surface area (Å²) in [6, 6.07) is 13.6. The molecular weight excluding hydrogens is 383 g/mol. The number of rotatable bonds is 5. The fourth-order valence-corrected chi connectivity index (χ4v) is 3.50. The van der Waals surface area contributed by atoms with Gasteiger partial charge in [0.1, 0.15) is 18.1 Å². The highest BCUT2D eigenvalue weighted by atomic mass is 19.1. The number of hydrogen-bond donors (Lipinski definition) is 1. The molecule has 4 aromatic rings. The number of aryl methyl sites for hydroxylation is 3. The molecule has 7 heteroatoms. The molecule has 6 nitrogen and oxygen atoms in total. The highest BCUT2D eigenvalue weighted by Gasteiger charge is 2.16. The van der Waals surface area contributed by atoms with Crippen LogP contribution < -0.4 is 5.32 Å². The minimum atomic E-state index is -0.332. The molecule has 1 amide bonds. The lowest BCUT2D eigenvalue weighted by molar-refractivity contribution is -0.116. The summed E-state index contributed by atoms with van der Waals surface area (Å²) < 4.78 is 20.2. The van der Waals surface area contributed by atoms with E-state index in [0.717, 1.165) is 22.4 Å². The smallest absolute Gasteiger partial charge is 0.274 e. The lowest BCUT2D eigenvalue weighted by Crippen LogP contribution is -2.20. The Bertz CT molecular complexity index is 1190. The molecule has 0 saturated heterocycles. The predicted octanol–water partition coefficient (Wildman–Crippen LogP) is 4.91. The summed E-state index contributed by atoms with van der Waals surface area (Å²) in [5, 5.41) is 6.97. The monoisotopic (exact) mass is 404 g/mol. The van der Waals surface area contributed by atoms with Crippen LogP contribution in [0.25, 0.3) is 23.0 Å². The van der Waals surface area contributed by atoms with Crippen LogP contribution in [0.15, 0.2) is 59.3 Å². The molecule has 0 aliphatic carbocycles. The van der Waals surface area contributed by atoms with Gasteiger partial charge in [0, 0.05) is 17.4 Å². The van der Waals surface area contributed by atoms with Gasteiger partial charge in [0.2, 0.25) is 11.7 Å². The average molecular weight is 404 g/mol. The fourth-order valence-electron chi connectivity index (χ4n) is 3.50. The summed E-state index contributed by atoms with van der Waals surface area (Å²) in [4.78, 5) is 17.1. The predicted molar refractivity (Wildman–Crippen MR) is 112 cm³/mol. The van der Waals surface area contributed by atoms with Crippen molar-refractivity contribution in [3.63, 3.8) is 0 Å². The van der Waals surface area contributed by atoms with Crippen LogP contribution in [0.3, 0.4) is 0 Å². The van der Waals surface area contributed by atoms with Crippen molar-refractivity contribution in [2.75, 3.05) is 5.32 Å². The Labute approximate surface area is 173 Å². The molecule has 1 N–H and O–H groups in total. The van der Waals surface area contributed by atoms with Crippen LogP contribution in [0.4, 0.5) is 10.1 Å². The normalized spacial score (nSPS) is 10.9. The zero-order valence-corrected chi connectivity index (χ0v) is 16.9. The molecule has 0 aliphatic rings. The zero-order chi connectivity index (χ0) is 21.3. The molecule has 2 aromatic heterocycles. The molecular formula is C23H21FN4O2. The minimum absolute atomic E-state index is 0.101. The molecule has 30 heavy (non-hydrogen) atoms. The third-order valence-electron chi connectivity index (χ3n) is 4.83. The van der Waals surface area contributed by atoms with E-state index in [1.165, 1.54) is 12.1 Å². The average Bonchev–Trinajstić information content (AvgIpc) is 3.34. The quantitative estimate of drug-likeness (QED) is 0.513. The number of nitrogens with one attached hydrogen (secondary N) is 1. The molecule has 0 radical (unpaired) electrons. The Kier molecular flexibility index (Phi) is 5.18. The Morgan fingerprint density at radius 1 is 1.10 bits per heavy atom. The first-order valence-corrected chi connectivity index (χ1v) is 9.53. The number of aromatic nitrogens is 3. The van der Waals surface area contributed by atoms with Crippen LogP contribution in [0.2, 0.25) is 0 Å². The topological polar surface area (TPSA) is 73.0 Å². The summed E-state index contributed by atoms with van der Waals surface area (Å²) in [6.07, 6.45) is 1.78. The first-order chi connectivity index (χ1) is 14.4. The highest BCUT2D eigenvalue weighted by Crippen LogP contribution is 2.24. The van der Waals surface area contributed by atoms with Crippen molar-refractivity contribution >= 4 is 11.6 Å². The van der Waals surface area contributed by atoms with E-state index in [1.807, 2.05) is 39.0 Å². The molecule has 2 aromatic carbocycles. The summed E-state index contributed by atoms with van der Waals surface area (Å²) in [6.45, 7) is 6.09. The molecule has 0 spiro atoms. The van der Waals surface area contributed by atoms with Gasteiger partial charge < -0.3 is 14.4 Å².